The van der Waals surface area contributed by atoms with E-state index >= 15 is 0 Å². The molecule has 0 amide bonds. The van der Waals surface area contributed by atoms with E-state index in [9.17, 15) is 9.59 Å². The summed E-state index contributed by atoms with van der Waals surface area (Å²) in [6.45, 7) is 4.86. The minimum Gasteiger partial charge on any atom is -0.348 e. The van der Waals surface area contributed by atoms with Gasteiger partial charge in [0.2, 0.25) is 0 Å². The van der Waals surface area contributed by atoms with E-state index in [1.165, 1.54) is 21.3 Å². The normalized spacial score (nSPS) is 13.1. The van der Waals surface area contributed by atoms with Crippen molar-refractivity contribution >= 4 is 27.3 Å². The van der Waals surface area contributed by atoms with E-state index < -0.39 is 0 Å². The fourth-order valence-electron chi connectivity index (χ4n) is 4.69. The molecule has 31 heavy (non-hydrogen) atoms. The lowest BCUT2D eigenvalue weighted by Gasteiger charge is -2.10. The summed E-state index contributed by atoms with van der Waals surface area (Å²) < 4.78 is 3.67. The van der Waals surface area contributed by atoms with Gasteiger partial charge in [-0.25, -0.2) is 4.98 Å². The molecule has 0 radical (unpaired) electrons. The highest BCUT2D eigenvalue weighted by atomic mass is 32.1. The van der Waals surface area contributed by atoms with Gasteiger partial charge in [0.1, 0.15) is 4.83 Å². The van der Waals surface area contributed by atoms with Crippen LogP contribution in [-0.2, 0) is 32.4 Å². The van der Waals surface area contributed by atoms with Crippen LogP contribution < -0.4 is 5.56 Å². The molecule has 0 fully saturated rings. The molecule has 0 N–H and O–H groups in total. The largest absolute Gasteiger partial charge is 0.348 e. The van der Waals surface area contributed by atoms with E-state index in [2.05, 4.69) is 21.7 Å². The van der Waals surface area contributed by atoms with E-state index in [1.807, 2.05) is 38.1 Å². The van der Waals surface area contributed by atoms with Gasteiger partial charge >= 0.3 is 0 Å². The molecule has 4 aromatic rings. The lowest BCUT2D eigenvalue weighted by atomic mass is 10.1. The van der Waals surface area contributed by atoms with E-state index in [1.54, 1.807) is 11.3 Å². The van der Waals surface area contributed by atoms with Gasteiger partial charge in [0.25, 0.3) is 5.56 Å². The van der Waals surface area contributed by atoms with Crippen LogP contribution in [0.3, 0.4) is 0 Å². The number of fused-ring (bicyclic) bond motifs is 3. The van der Waals surface area contributed by atoms with Gasteiger partial charge in [0.15, 0.2) is 5.78 Å². The zero-order chi connectivity index (χ0) is 21.5. The minimum absolute atomic E-state index is 0.0232. The first kappa shape index (κ1) is 19.9. The highest BCUT2D eigenvalue weighted by Gasteiger charge is 2.22. The lowest BCUT2D eigenvalue weighted by molar-refractivity contribution is 0.0970. The van der Waals surface area contributed by atoms with Crippen LogP contribution in [0.5, 0.6) is 0 Å². The number of Topliss-reactive ketones (excluding diaryl/α,β-unsaturated/α-hetero) is 1. The standard InChI is InChI=1S/C25H25N3O2S/c1-16-13-20(17(2)28(16)12-11-18-7-4-3-5-8-18)21(29)14-27-15-26-24-23(25(27)30)19-9-6-10-22(19)31-24/h3-5,7-8,13,15H,6,9-12,14H2,1-2H3. The SMILES string of the molecule is Cc1cc(C(=O)Cn2cnc3sc4c(c3c2=O)CCC4)c(C)n1CCc1ccccc1. The predicted molar refractivity (Wildman–Crippen MR) is 124 cm³/mol. The highest BCUT2D eigenvalue weighted by Crippen LogP contribution is 2.34. The molecule has 1 aromatic carbocycles. The predicted octanol–water partition coefficient (Wildman–Crippen LogP) is 4.49. The molecule has 0 atom stereocenters. The molecule has 5 nitrogen and oxygen atoms in total. The molecule has 0 saturated carbocycles. The number of thiophene rings is 1. The van der Waals surface area contributed by atoms with Crippen LogP contribution >= 0.6 is 11.3 Å². The average molecular weight is 432 g/mol. The second-order valence-electron chi connectivity index (χ2n) is 8.31. The van der Waals surface area contributed by atoms with Gasteiger partial charge in [-0.1, -0.05) is 30.3 Å². The highest BCUT2D eigenvalue weighted by molar-refractivity contribution is 7.18. The minimum atomic E-state index is -0.0874. The van der Waals surface area contributed by atoms with Crippen molar-refractivity contribution in [1.82, 2.24) is 14.1 Å². The first-order chi connectivity index (χ1) is 15.0. The zero-order valence-corrected chi connectivity index (χ0v) is 18.7. The van der Waals surface area contributed by atoms with Crippen molar-refractivity contribution in [3.63, 3.8) is 0 Å². The molecule has 3 heterocycles. The maximum absolute atomic E-state index is 13.1. The molecular weight excluding hydrogens is 406 g/mol. The van der Waals surface area contributed by atoms with Crippen molar-refractivity contribution in [3.8, 4) is 0 Å². The summed E-state index contributed by atoms with van der Waals surface area (Å²) in [5, 5.41) is 0.723. The molecular formula is C25H25N3O2S. The van der Waals surface area contributed by atoms with Crippen LogP contribution in [-0.4, -0.2) is 19.9 Å². The number of hydrogen-bond acceptors (Lipinski definition) is 4. The van der Waals surface area contributed by atoms with Crippen LogP contribution in [0.1, 0.15) is 44.2 Å². The topological polar surface area (TPSA) is 56.9 Å². The van der Waals surface area contributed by atoms with E-state index in [0.717, 1.165) is 59.4 Å². The Kier molecular flexibility index (Phi) is 5.10. The van der Waals surface area contributed by atoms with Crippen molar-refractivity contribution in [2.75, 3.05) is 0 Å². The molecule has 0 aliphatic heterocycles. The van der Waals surface area contributed by atoms with Crippen molar-refractivity contribution in [3.05, 3.63) is 86.0 Å². The van der Waals surface area contributed by atoms with Crippen molar-refractivity contribution < 1.29 is 4.79 Å². The van der Waals surface area contributed by atoms with Gasteiger partial charge in [-0.15, -0.1) is 11.3 Å². The summed E-state index contributed by atoms with van der Waals surface area (Å²) >= 11 is 1.62. The van der Waals surface area contributed by atoms with Crippen molar-refractivity contribution in [2.24, 2.45) is 0 Å². The Morgan fingerprint density at radius 2 is 1.97 bits per heavy atom. The summed E-state index contributed by atoms with van der Waals surface area (Å²) in [6, 6.07) is 12.3. The van der Waals surface area contributed by atoms with Gasteiger partial charge in [-0.2, -0.15) is 0 Å². The van der Waals surface area contributed by atoms with Crippen LogP contribution in [0.2, 0.25) is 0 Å². The molecule has 1 aliphatic carbocycles. The molecule has 0 bridgehead atoms. The number of hydrogen-bond donors (Lipinski definition) is 0. The second-order valence-corrected chi connectivity index (χ2v) is 9.39. The smallest absolute Gasteiger partial charge is 0.262 e. The van der Waals surface area contributed by atoms with Gasteiger partial charge in [0.05, 0.1) is 18.3 Å². The van der Waals surface area contributed by atoms with E-state index in [0.29, 0.717) is 5.56 Å². The number of carbonyl (C=O) groups excluding carboxylic acids is 1. The molecule has 1 aliphatic rings. The third-order valence-electron chi connectivity index (χ3n) is 6.35. The quantitative estimate of drug-likeness (QED) is 0.423. The Morgan fingerprint density at radius 3 is 2.77 bits per heavy atom. The Balaban J connectivity index is 1.40. The Bertz CT molecular complexity index is 1340. The van der Waals surface area contributed by atoms with Gasteiger partial charge < -0.3 is 4.57 Å². The lowest BCUT2D eigenvalue weighted by Crippen LogP contribution is -2.25. The van der Waals surface area contributed by atoms with Gasteiger partial charge in [0, 0.05) is 28.4 Å². The van der Waals surface area contributed by atoms with Gasteiger partial charge in [-0.05, 0) is 56.7 Å². The average Bonchev–Trinajstić information content (AvgIpc) is 3.43. The Hall–Kier alpha value is -2.99. The maximum atomic E-state index is 13.1. The van der Waals surface area contributed by atoms with E-state index in [-0.39, 0.29) is 17.9 Å². The Morgan fingerprint density at radius 1 is 1.16 bits per heavy atom. The summed E-state index contributed by atoms with van der Waals surface area (Å²) in [6.07, 6.45) is 5.51. The summed E-state index contributed by atoms with van der Waals surface area (Å²) in [7, 11) is 0. The number of aromatic nitrogens is 3. The number of nitrogens with zero attached hydrogens (tertiary/aromatic N) is 3. The molecule has 0 unspecified atom stereocenters. The zero-order valence-electron chi connectivity index (χ0n) is 17.9. The summed E-state index contributed by atoms with van der Waals surface area (Å²) in [4.78, 5) is 32.8. The maximum Gasteiger partial charge on any atom is 0.262 e. The number of rotatable bonds is 6. The fourth-order valence-corrected chi connectivity index (χ4v) is 5.90. The second kappa shape index (κ2) is 7.93. The Labute approximate surface area is 185 Å². The molecule has 3 aromatic heterocycles. The van der Waals surface area contributed by atoms with Crippen molar-refractivity contribution in [1.29, 1.82) is 0 Å². The van der Waals surface area contributed by atoms with Crippen molar-refractivity contribution in [2.45, 2.75) is 52.6 Å². The number of carbonyl (C=O) groups is 1. The number of benzene rings is 1. The molecule has 0 spiro atoms. The monoisotopic (exact) mass is 431 g/mol. The summed E-state index contributed by atoms with van der Waals surface area (Å²) in [5.41, 5.74) is 5.05. The van der Waals surface area contributed by atoms with E-state index in [4.69, 9.17) is 0 Å². The summed E-state index contributed by atoms with van der Waals surface area (Å²) in [5.74, 6) is -0.0470. The first-order valence-electron chi connectivity index (χ1n) is 10.8. The van der Waals surface area contributed by atoms with Crippen LogP contribution in [0.4, 0.5) is 0 Å². The third kappa shape index (κ3) is 3.55. The van der Waals surface area contributed by atoms with Crippen LogP contribution in [0.15, 0.2) is 47.5 Å². The first-order valence-corrected chi connectivity index (χ1v) is 11.6. The number of aryl methyl sites for hydroxylation is 4. The molecule has 0 saturated heterocycles. The van der Waals surface area contributed by atoms with Gasteiger partial charge in [-0.3, -0.25) is 14.2 Å². The number of ketones is 1. The fraction of sp³-hybridized carbons (Fsp3) is 0.320. The molecule has 6 heteroatoms. The molecule has 5 rings (SSSR count). The van der Waals surface area contributed by atoms with Crippen LogP contribution in [0, 0.1) is 13.8 Å². The molecule has 158 valence electrons. The third-order valence-corrected chi connectivity index (χ3v) is 7.55. The van der Waals surface area contributed by atoms with Crippen LogP contribution in [0.25, 0.3) is 10.2 Å².